The maximum Gasteiger partial charge on any atom is 0.417 e. The highest BCUT2D eigenvalue weighted by atomic mass is 19.4. The van der Waals surface area contributed by atoms with Crippen LogP contribution in [0.2, 0.25) is 0 Å². The fourth-order valence-corrected chi connectivity index (χ4v) is 2.59. The van der Waals surface area contributed by atoms with Crippen LogP contribution in [0.4, 0.5) is 18.9 Å². The summed E-state index contributed by atoms with van der Waals surface area (Å²) in [5, 5.41) is 12.4. The number of nitrogens with two attached hydrogens (primary N) is 1. The minimum atomic E-state index is -4.60. The largest absolute Gasteiger partial charge is 0.480 e. The number of nitrogens with one attached hydrogen (secondary N) is 1. The lowest BCUT2D eigenvalue weighted by Gasteiger charge is -2.26. The second-order valence-electron chi connectivity index (χ2n) is 6.50. The summed E-state index contributed by atoms with van der Waals surface area (Å²) in [6, 6.07) is 2.89. The van der Waals surface area contributed by atoms with Crippen LogP contribution in [-0.4, -0.2) is 64.8 Å². The Bertz CT molecular complexity index is 1020. The van der Waals surface area contributed by atoms with Crippen molar-refractivity contribution in [1.82, 2.24) is 14.9 Å². The van der Waals surface area contributed by atoms with E-state index in [0.717, 1.165) is 24.4 Å². The van der Waals surface area contributed by atoms with Crippen molar-refractivity contribution in [3.8, 4) is 5.88 Å². The number of aliphatic hydroxyl groups is 1. The van der Waals surface area contributed by atoms with E-state index >= 15 is 0 Å². The van der Waals surface area contributed by atoms with E-state index in [1.54, 1.807) is 0 Å². The molecule has 0 aromatic carbocycles. The summed E-state index contributed by atoms with van der Waals surface area (Å²) in [7, 11) is 2.48. The third-order valence-electron chi connectivity index (χ3n) is 4.18. The molecular weight excluding hydrogens is 451 g/mol. The summed E-state index contributed by atoms with van der Waals surface area (Å²) in [5.74, 6) is -3.48. The molecule has 0 aliphatic carbocycles. The standard InChI is InChI=1S/C19H20F3N5O6/c1-32-9-14(28)27(8-11-4-3-10(6-24-11)19(20,21)22)18(31)16(30)26-12-5-13(15(23)29)17(33-2)25-7-12/h3-7,14,28H,8-9H2,1-2H3,(H2,23,29)(H,26,30)/t14-/m1/s1. The molecule has 2 aromatic heterocycles. The first-order valence-corrected chi connectivity index (χ1v) is 9.12. The van der Waals surface area contributed by atoms with E-state index in [1.807, 2.05) is 0 Å². The molecular formula is C19H20F3N5O6. The van der Waals surface area contributed by atoms with E-state index in [-0.39, 0.29) is 22.8 Å². The second-order valence-corrected chi connectivity index (χ2v) is 6.50. The number of methoxy groups -OCH3 is 2. The van der Waals surface area contributed by atoms with Gasteiger partial charge < -0.3 is 30.5 Å². The Morgan fingerprint density at radius 3 is 2.42 bits per heavy atom. The number of aromatic nitrogens is 2. The molecule has 3 amide bonds. The number of alkyl halides is 3. The maximum absolute atomic E-state index is 12.7. The van der Waals surface area contributed by atoms with Gasteiger partial charge >= 0.3 is 18.0 Å². The number of rotatable bonds is 8. The summed E-state index contributed by atoms with van der Waals surface area (Å²) in [6.45, 7) is -0.891. The molecule has 0 spiro atoms. The van der Waals surface area contributed by atoms with Gasteiger partial charge in [-0.05, 0) is 18.2 Å². The fourth-order valence-electron chi connectivity index (χ4n) is 2.59. The molecule has 2 aromatic rings. The Kier molecular flexibility index (Phi) is 8.26. The van der Waals surface area contributed by atoms with Crippen LogP contribution in [0.3, 0.4) is 0 Å². The van der Waals surface area contributed by atoms with Crippen LogP contribution in [0.25, 0.3) is 0 Å². The number of anilines is 1. The first-order chi connectivity index (χ1) is 15.5. The average Bonchev–Trinajstić information content (AvgIpc) is 2.76. The highest BCUT2D eigenvalue weighted by Gasteiger charge is 2.32. The minimum Gasteiger partial charge on any atom is -0.480 e. The second kappa shape index (κ2) is 10.7. The van der Waals surface area contributed by atoms with E-state index in [1.165, 1.54) is 14.2 Å². The molecule has 14 heteroatoms. The van der Waals surface area contributed by atoms with Gasteiger partial charge in [-0.25, -0.2) is 4.98 Å². The van der Waals surface area contributed by atoms with Crippen molar-refractivity contribution >= 4 is 23.4 Å². The van der Waals surface area contributed by atoms with E-state index in [0.29, 0.717) is 11.1 Å². The van der Waals surface area contributed by atoms with Crippen LogP contribution in [0, 0.1) is 0 Å². The van der Waals surface area contributed by atoms with Crippen LogP contribution < -0.4 is 15.8 Å². The molecule has 0 unspecified atom stereocenters. The average molecular weight is 471 g/mol. The number of amides is 3. The smallest absolute Gasteiger partial charge is 0.417 e. The summed E-state index contributed by atoms with van der Waals surface area (Å²) in [5.41, 5.74) is 3.96. The number of primary amides is 1. The Hall–Kier alpha value is -3.78. The number of nitrogens with zero attached hydrogens (tertiary/aromatic N) is 3. The number of ether oxygens (including phenoxy) is 2. The molecule has 0 radical (unpaired) electrons. The highest BCUT2D eigenvalue weighted by Crippen LogP contribution is 2.28. The number of hydrogen-bond donors (Lipinski definition) is 3. The van der Waals surface area contributed by atoms with E-state index in [4.69, 9.17) is 15.2 Å². The summed E-state index contributed by atoms with van der Waals surface area (Å²) in [4.78, 5) is 44.8. The van der Waals surface area contributed by atoms with Crippen LogP contribution in [0.5, 0.6) is 5.88 Å². The van der Waals surface area contributed by atoms with E-state index in [9.17, 15) is 32.7 Å². The molecule has 178 valence electrons. The molecule has 0 aliphatic heterocycles. The number of carbonyl (C=O) groups excluding carboxylic acids is 3. The molecule has 2 rings (SSSR count). The predicted octanol–water partition coefficient (Wildman–Crippen LogP) is 0.535. The molecule has 0 saturated heterocycles. The normalized spacial score (nSPS) is 12.1. The lowest BCUT2D eigenvalue weighted by Crippen LogP contribution is -2.47. The molecule has 2 heterocycles. The molecule has 11 nitrogen and oxygen atoms in total. The molecule has 1 atom stereocenters. The van der Waals surface area contributed by atoms with E-state index < -0.39 is 48.8 Å². The molecule has 0 bridgehead atoms. The Labute approximate surface area is 185 Å². The van der Waals surface area contributed by atoms with Gasteiger partial charge in [-0.15, -0.1) is 0 Å². The van der Waals surface area contributed by atoms with Crippen molar-refractivity contribution in [2.24, 2.45) is 5.73 Å². The summed E-state index contributed by atoms with van der Waals surface area (Å²) >= 11 is 0. The first kappa shape index (κ1) is 25.5. The molecule has 4 N–H and O–H groups in total. The van der Waals surface area contributed by atoms with Crippen molar-refractivity contribution in [1.29, 1.82) is 0 Å². The zero-order chi connectivity index (χ0) is 24.8. The van der Waals surface area contributed by atoms with Crippen molar-refractivity contribution in [3.63, 3.8) is 0 Å². The quantitative estimate of drug-likeness (QED) is 0.372. The summed E-state index contributed by atoms with van der Waals surface area (Å²) < 4.78 is 47.8. The van der Waals surface area contributed by atoms with Gasteiger partial charge in [-0.1, -0.05) is 0 Å². The van der Waals surface area contributed by atoms with Crippen LogP contribution in [-0.2, 0) is 27.0 Å². The predicted molar refractivity (Wildman–Crippen MR) is 106 cm³/mol. The van der Waals surface area contributed by atoms with Crippen LogP contribution in [0.1, 0.15) is 21.6 Å². The lowest BCUT2D eigenvalue weighted by molar-refractivity contribution is -0.154. The van der Waals surface area contributed by atoms with Crippen molar-refractivity contribution in [3.05, 3.63) is 47.4 Å². The van der Waals surface area contributed by atoms with Crippen LogP contribution in [0.15, 0.2) is 30.6 Å². The maximum atomic E-state index is 12.7. The van der Waals surface area contributed by atoms with Crippen molar-refractivity contribution < 1.29 is 42.1 Å². The fraction of sp³-hybridized carbons (Fsp3) is 0.316. The lowest BCUT2D eigenvalue weighted by atomic mass is 10.2. The molecule has 33 heavy (non-hydrogen) atoms. The molecule has 0 aliphatic rings. The van der Waals surface area contributed by atoms with Gasteiger partial charge in [0.15, 0.2) is 6.23 Å². The van der Waals surface area contributed by atoms with Gasteiger partial charge in [-0.3, -0.25) is 19.4 Å². The zero-order valence-corrected chi connectivity index (χ0v) is 17.4. The monoisotopic (exact) mass is 471 g/mol. The van der Waals surface area contributed by atoms with Gasteiger partial charge in [0.1, 0.15) is 5.56 Å². The Morgan fingerprint density at radius 1 is 1.21 bits per heavy atom. The Morgan fingerprint density at radius 2 is 1.91 bits per heavy atom. The summed E-state index contributed by atoms with van der Waals surface area (Å²) in [6.07, 6.45) is -4.56. The number of carbonyl (C=O) groups is 3. The number of hydrogen-bond acceptors (Lipinski definition) is 8. The first-order valence-electron chi connectivity index (χ1n) is 9.12. The zero-order valence-electron chi connectivity index (χ0n) is 17.4. The Balaban J connectivity index is 2.23. The number of halogens is 3. The van der Waals surface area contributed by atoms with Crippen molar-refractivity contribution in [2.75, 3.05) is 26.1 Å². The van der Waals surface area contributed by atoms with E-state index in [2.05, 4.69) is 15.3 Å². The van der Waals surface area contributed by atoms with Gasteiger partial charge in [-0.2, -0.15) is 13.2 Å². The highest BCUT2D eigenvalue weighted by molar-refractivity contribution is 6.39. The number of aliphatic hydroxyl groups excluding tert-OH is 1. The molecule has 0 saturated carbocycles. The third kappa shape index (κ3) is 6.60. The third-order valence-corrected chi connectivity index (χ3v) is 4.18. The topological polar surface area (TPSA) is 157 Å². The van der Waals surface area contributed by atoms with Gasteiger partial charge in [0, 0.05) is 13.3 Å². The van der Waals surface area contributed by atoms with Gasteiger partial charge in [0.2, 0.25) is 5.88 Å². The van der Waals surface area contributed by atoms with Gasteiger partial charge in [0.05, 0.1) is 43.4 Å². The minimum absolute atomic E-state index is 0.0265. The number of pyridine rings is 2. The van der Waals surface area contributed by atoms with Gasteiger partial charge in [0.25, 0.3) is 5.91 Å². The van der Waals surface area contributed by atoms with Crippen LogP contribution >= 0.6 is 0 Å². The van der Waals surface area contributed by atoms with Crippen molar-refractivity contribution in [2.45, 2.75) is 18.9 Å². The SMILES string of the molecule is COC[C@@H](O)N(Cc1ccc(C(F)(F)F)cn1)C(=O)C(=O)Nc1cnc(OC)c(C(N)=O)c1. The molecule has 0 fully saturated rings.